The van der Waals surface area contributed by atoms with Crippen LogP contribution < -0.4 is 65.1 Å². The van der Waals surface area contributed by atoms with Crippen molar-refractivity contribution in [2.75, 3.05) is 19.6 Å². The fraction of sp³-hybridized carbons (Fsp3) is 0.404. The molecule has 0 spiro atoms. The first kappa shape index (κ1) is 58.9. The minimum atomic E-state index is -1.64. The molecule has 10 amide bonds. The Labute approximate surface area is 443 Å². The molecule has 0 bridgehead atoms. The monoisotopic (exact) mass is 1060 g/mol. The number of carbonyl (C=O) groups is 10. The molecule has 7 atom stereocenters. The van der Waals surface area contributed by atoms with Gasteiger partial charge in [-0.2, -0.15) is 0 Å². The third-order valence-corrected chi connectivity index (χ3v) is 12.4. The van der Waals surface area contributed by atoms with Crippen molar-refractivity contribution < 1.29 is 53.1 Å². The zero-order chi connectivity index (χ0) is 56.0. The third-order valence-electron chi connectivity index (χ3n) is 12.4. The van der Waals surface area contributed by atoms with Crippen molar-refractivity contribution in [2.24, 2.45) is 22.2 Å². The molecule has 1 aromatic heterocycles. The van der Waals surface area contributed by atoms with Gasteiger partial charge in [0.25, 0.3) is 0 Å². The lowest BCUT2D eigenvalue weighted by Gasteiger charge is -2.28. The highest BCUT2D eigenvalue weighted by Gasteiger charge is 2.35. The second-order valence-corrected chi connectivity index (χ2v) is 18.6. The summed E-state index contributed by atoms with van der Waals surface area (Å²) in [5.74, 6) is -8.50. The molecule has 0 saturated carbocycles. The molecule has 17 N–H and O–H groups in total. The van der Waals surface area contributed by atoms with Crippen molar-refractivity contribution in [1.29, 1.82) is 0 Å². The number of carbonyl (C=O) groups excluding carboxylic acids is 10. The van der Waals surface area contributed by atoms with Gasteiger partial charge in [0.2, 0.25) is 59.1 Å². The van der Waals surface area contributed by atoms with E-state index in [2.05, 4.69) is 57.8 Å². The molecule has 3 aromatic carbocycles. The molecule has 25 heteroatoms. The number of amides is 10. The van der Waals surface area contributed by atoms with E-state index in [0.29, 0.717) is 16.7 Å². The number of nitrogens with zero attached hydrogens (tertiary/aromatic N) is 1. The summed E-state index contributed by atoms with van der Waals surface area (Å²) < 4.78 is 0. The van der Waals surface area contributed by atoms with Gasteiger partial charge in [-0.05, 0) is 73.9 Å². The van der Waals surface area contributed by atoms with Gasteiger partial charge in [-0.3, -0.25) is 52.9 Å². The zero-order valence-electron chi connectivity index (χ0n) is 42.8. The molecule has 1 aliphatic heterocycles. The van der Waals surface area contributed by atoms with Gasteiger partial charge in [0.05, 0.1) is 13.0 Å². The molecule has 0 radical (unpaired) electrons. The number of aromatic amines is 1. The summed E-state index contributed by atoms with van der Waals surface area (Å²) in [6, 6.07) is 11.8. The highest BCUT2D eigenvalue weighted by Crippen LogP contribution is 2.20. The molecular formula is C52H68N14O11. The number of guanidine groups is 1. The number of aromatic hydroxyl groups is 1. The number of nitrogens with two attached hydrogens (primary N) is 3. The summed E-state index contributed by atoms with van der Waals surface area (Å²) in [6.45, 7) is 1.94. The van der Waals surface area contributed by atoms with Crippen molar-refractivity contribution in [1.82, 2.24) is 52.8 Å². The van der Waals surface area contributed by atoms with Crippen molar-refractivity contribution >= 4 is 75.9 Å². The average Bonchev–Trinajstić information content (AvgIpc) is 3.80. The van der Waals surface area contributed by atoms with E-state index in [1.165, 1.54) is 38.1 Å². The minimum absolute atomic E-state index is 0.0102. The van der Waals surface area contributed by atoms with Gasteiger partial charge >= 0.3 is 0 Å². The number of aromatic nitrogens is 1. The number of phenols is 1. The maximum atomic E-state index is 14.7. The van der Waals surface area contributed by atoms with E-state index in [1.54, 1.807) is 42.6 Å². The fourth-order valence-corrected chi connectivity index (χ4v) is 8.38. The summed E-state index contributed by atoms with van der Waals surface area (Å²) in [4.78, 5) is 144. The average molecular weight is 1070 g/mol. The molecule has 0 aliphatic carbocycles. The van der Waals surface area contributed by atoms with Gasteiger partial charge in [-0.1, -0.05) is 60.7 Å². The Kier molecular flexibility index (Phi) is 22.3. The normalized spacial score (nSPS) is 21.3. The van der Waals surface area contributed by atoms with Crippen LogP contribution >= 0.6 is 0 Å². The number of benzene rings is 3. The van der Waals surface area contributed by atoms with Crippen LogP contribution in [0, 0.1) is 0 Å². The van der Waals surface area contributed by atoms with E-state index in [9.17, 15) is 53.1 Å². The topological polar surface area (TPSA) is 405 Å². The molecule has 77 heavy (non-hydrogen) atoms. The van der Waals surface area contributed by atoms with Gasteiger partial charge in [0.1, 0.15) is 48.0 Å². The van der Waals surface area contributed by atoms with Crippen molar-refractivity contribution in [3.05, 3.63) is 102 Å². The predicted octanol–water partition coefficient (Wildman–Crippen LogP) is -2.32. The first-order chi connectivity index (χ1) is 36.8. The summed E-state index contributed by atoms with van der Waals surface area (Å²) >= 11 is 0. The Balaban J connectivity index is 1.56. The van der Waals surface area contributed by atoms with Crippen LogP contribution in [0.15, 0.2) is 90.1 Å². The summed E-state index contributed by atoms with van der Waals surface area (Å²) in [7, 11) is 0. The van der Waals surface area contributed by atoms with Crippen LogP contribution in [-0.2, 0) is 67.2 Å². The first-order valence-corrected chi connectivity index (χ1v) is 25.1. The van der Waals surface area contributed by atoms with Crippen LogP contribution in [0.4, 0.5) is 0 Å². The molecule has 4 aromatic rings. The van der Waals surface area contributed by atoms with Crippen molar-refractivity contribution in [2.45, 2.75) is 114 Å². The standard InChI is InChI=1S/C52H68N14O11/c1-29(60-30(2)67)46(72)63-42-26-43(69)56-21-9-8-15-37(45(53)71)61-44(70)28-59-47(73)41(25-33-27-58-36-14-7-6-13-35(33)36)66-48(74)38(16-10-22-57-52(54)55)62-49(75)39(23-31-11-4-3-5-12-31)64-50(76)40(65-51(42)77)24-32-17-19-34(68)20-18-32/h3-7,11-14,17-20,27,29,37-42,58,68H,8-10,15-16,21-26,28H2,1-2H3,(H2,53,71)(H,56,69)(H,59,73)(H,60,67)(H,61,70)(H,62,75)(H,63,72)(H,64,76)(H,65,77)(H,66,74)(H4,54,55,57)/t29-,37+,38+,39-,40+,41+,42+/m1/s1. The molecule has 0 unspecified atom stereocenters. The molecule has 1 saturated heterocycles. The number of fused-ring (bicyclic) bond motifs is 1. The molecule has 1 fully saturated rings. The van der Waals surface area contributed by atoms with E-state index in [0.717, 1.165) is 10.9 Å². The quantitative estimate of drug-likeness (QED) is 0.0359. The van der Waals surface area contributed by atoms with Crippen LogP contribution in [-0.4, -0.2) is 137 Å². The van der Waals surface area contributed by atoms with Crippen LogP contribution in [0.1, 0.15) is 69.1 Å². The zero-order valence-corrected chi connectivity index (χ0v) is 42.8. The molecular weight excluding hydrogens is 997 g/mol. The van der Waals surface area contributed by atoms with Crippen LogP contribution in [0.25, 0.3) is 10.9 Å². The number of aliphatic imine (C=N–C) groups is 1. The number of primary amides is 1. The van der Waals surface area contributed by atoms with Gasteiger partial charge in [0, 0.05) is 56.4 Å². The van der Waals surface area contributed by atoms with Crippen LogP contribution in [0.2, 0.25) is 0 Å². The maximum absolute atomic E-state index is 14.7. The van der Waals surface area contributed by atoms with Crippen LogP contribution in [0.5, 0.6) is 5.75 Å². The summed E-state index contributed by atoms with van der Waals surface area (Å²) in [6.07, 6.45) is 1.09. The van der Waals surface area contributed by atoms with Gasteiger partial charge < -0.3 is 75.1 Å². The highest BCUT2D eigenvalue weighted by atomic mass is 16.3. The smallest absolute Gasteiger partial charge is 0.243 e. The van der Waals surface area contributed by atoms with E-state index in [4.69, 9.17) is 17.2 Å². The lowest BCUT2D eigenvalue weighted by molar-refractivity contribution is -0.136. The van der Waals surface area contributed by atoms with Crippen molar-refractivity contribution in [3.8, 4) is 5.75 Å². The summed E-state index contributed by atoms with van der Waals surface area (Å²) in [5, 5.41) is 34.2. The van der Waals surface area contributed by atoms with Gasteiger partial charge in [0.15, 0.2) is 5.96 Å². The number of para-hydroxylation sites is 1. The Morgan fingerprint density at radius 3 is 1.94 bits per heavy atom. The Morgan fingerprint density at radius 2 is 1.29 bits per heavy atom. The van der Waals surface area contributed by atoms with Crippen molar-refractivity contribution in [3.63, 3.8) is 0 Å². The minimum Gasteiger partial charge on any atom is -0.508 e. The lowest BCUT2D eigenvalue weighted by Crippen LogP contribution is -2.60. The van der Waals surface area contributed by atoms with E-state index in [-0.39, 0.29) is 76.2 Å². The molecule has 25 nitrogen and oxygen atoms in total. The van der Waals surface area contributed by atoms with Gasteiger partial charge in [-0.15, -0.1) is 0 Å². The van der Waals surface area contributed by atoms with E-state index in [1.807, 2.05) is 18.2 Å². The number of phenolic OH excluding ortho intramolecular Hbond substituents is 1. The second-order valence-electron chi connectivity index (χ2n) is 18.6. The number of hydrogen-bond acceptors (Lipinski definition) is 12. The molecule has 1 aliphatic rings. The number of H-pyrrole nitrogens is 1. The van der Waals surface area contributed by atoms with E-state index >= 15 is 0 Å². The Bertz CT molecular complexity index is 2770. The molecule has 2 heterocycles. The number of hydrogen-bond donors (Lipinski definition) is 14. The largest absolute Gasteiger partial charge is 0.508 e. The highest BCUT2D eigenvalue weighted by molar-refractivity contribution is 5.99. The Hall–Kier alpha value is -9.03. The predicted molar refractivity (Wildman–Crippen MR) is 282 cm³/mol. The summed E-state index contributed by atoms with van der Waals surface area (Å²) in [5.41, 5.74) is 19.2. The van der Waals surface area contributed by atoms with Crippen LogP contribution in [0.3, 0.4) is 0 Å². The first-order valence-electron chi connectivity index (χ1n) is 25.1. The maximum Gasteiger partial charge on any atom is 0.243 e. The molecule has 412 valence electrons. The molecule has 5 rings (SSSR count). The number of nitrogens with one attached hydrogen (secondary N) is 10. The van der Waals surface area contributed by atoms with Gasteiger partial charge in [-0.25, -0.2) is 0 Å². The lowest BCUT2D eigenvalue weighted by atomic mass is 10.0. The van der Waals surface area contributed by atoms with E-state index < -0.39 is 114 Å². The number of rotatable bonds is 14. The Morgan fingerprint density at radius 1 is 0.688 bits per heavy atom. The fourth-order valence-electron chi connectivity index (χ4n) is 8.38. The second kappa shape index (κ2) is 29.2. The SMILES string of the molecule is CC(=O)N[C@H](C)C(=O)N[C@H]1CC(=O)NCCCC[C@@H](C(N)=O)NC(=O)CNC(=O)[C@H](Cc2c[nH]c3ccccc23)NC(=O)[C@H](CCCN=C(N)N)NC(=O)[C@@H](Cc2ccccc2)NC(=O)[C@H](Cc2ccc(O)cc2)NC1=O. The third kappa shape index (κ3) is 19.3.